The Kier molecular flexibility index (Phi) is 7.24. The van der Waals surface area contributed by atoms with Crippen LogP contribution in [-0.4, -0.2) is 33.6 Å². The summed E-state index contributed by atoms with van der Waals surface area (Å²) in [5, 5.41) is 0.0916. The van der Waals surface area contributed by atoms with Crippen molar-refractivity contribution in [2.75, 3.05) is 13.2 Å². The summed E-state index contributed by atoms with van der Waals surface area (Å²) in [6.07, 6.45) is 0.665. The summed E-state index contributed by atoms with van der Waals surface area (Å²) in [6, 6.07) is 10.7. The molecular formula is C19H22ClNO5S. The van der Waals surface area contributed by atoms with Gasteiger partial charge in [-0.15, -0.1) is 0 Å². The van der Waals surface area contributed by atoms with Gasteiger partial charge in [0.15, 0.2) is 6.61 Å². The molecule has 2 rings (SSSR count). The van der Waals surface area contributed by atoms with E-state index in [1.165, 1.54) is 18.2 Å². The van der Waals surface area contributed by atoms with Crippen molar-refractivity contribution in [1.82, 2.24) is 0 Å². The number of carbonyl (C=O) groups is 1. The molecule has 0 aliphatic heterocycles. The summed E-state index contributed by atoms with van der Waals surface area (Å²) in [5.41, 5.74) is 6.72. The fourth-order valence-corrected chi connectivity index (χ4v) is 4.00. The number of hydrogen-bond donors (Lipinski definition) is 1. The third-order valence-electron chi connectivity index (χ3n) is 3.66. The SMILES string of the molecule is CCOC(=O)COc1ccc(S(=O)(=O)c2ccc(CC(C)N)cc2)cc1Cl. The van der Waals surface area contributed by atoms with Crippen LogP contribution in [0.15, 0.2) is 52.3 Å². The second kappa shape index (κ2) is 9.21. The lowest BCUT2D eigenvalue weighted by Gasteiger charge is -2.11. The number of esters is 1. The molecule has 0 bridgehead atoms. The number of rotatable bonds is 8. The molecular weight excluding hydrogens is 390 g/mol. The number of sulfone groups is 1. The molecule has 1 atom stereocenters. The molecule has 0 aromatic heterocycles. The summed E-state index contributed by atoms with van der Waals surface area (Å²) in [5.74, 6) is -0.326. The van der Waals surface area contributed by atoms with Gasteiger partial charge in [0.05, 0.1) is 21.4 Å². The molecule has 0 heterocycles. The Bertz CT molecular complexity index is 895. The Labute approximate surface area is 164 Å². The summed E-state index contributed by atoms with van der Waals surface area (Å²) >= 11 is 6.11. The highest BCUT2D eigenvalue weighted by Gasteiger charge is 2.19. The topological polar surface area (TPSA) is 95.7 Å². The molecule has 146 valence electrons. The maximum atomic E-state index is 12.8. The quantitative estimate of drug-likeness (QED) is 0.671. The third-order valence-corrected chi connectivity index (χ3v) is 5.72. The van der Waals surface area contributed by atoms with Gasteiger partial charge in [0.2, 0.25) is 9.84 Å². The summed E-state index contributed by atoms with van der Waals surface area (Å²) in [7, 11) is -3.73. The number of ether oxygens (including phenoxy) is 2. The molecule has 0 saturated heterocycles. The zero-order valence-corrected chi connectivity index (χ0v) is 16.7. The van der Waals surface area contributed by atoms with Gasteiger partial charge >= 0.3 is 5.97 Å². The van der Waals surface area contributed by atoms with Crippen molar-refractivity contribution in [2.24, 2.45) is 5.73 Å². The van der Waals surface area contributed by atoms with Gasteiger partial charge in [-0.3, -0.25) is 0 Å². The minimum absolute atomic E-state index is 0.00610. The average molecular weight is 412 g/mol. The zero-order chi connectivity index (χ0) is 20.0. The van der Waals surface area contributed by atoms with E-state index in [1.807, 2.05) is 6.92 Å². The first-order valence-corrected chi connectivity index (χ1v) is 10.3. The first kappa shape index (κ1) is 21.2. The van der Waals surface area contributed by atoms with Gasteiger partial charge in [0, 0.05) is 6.04 Å². The molecule has 6 nitrogen and oxygen atoms in total. The molecule has 2 aromatic carbocycles. The summed E-state index contributed by atoms with van der Waals surface area (Å²) in [6.45, 7) is 3.52. The van der Waals surface area contributed by atoms with Crippen LogP contribution in [0.1, 0.15) is 19.4 Å². The summed E-state index contributed by atoms with van der Waals surface area (Å²) in [4.78, 5) is 11.5. The highest BCUT2D eigenvalue weighted by atomic mass is 35.5. The van der Waals surface area contributed by atoms with Gasteiger partial charge < -0.3 is 15.2 Å². The molecule has 2 aromatic rings. The Morgan fingerprint density at radius 2 is 1.78 bits per heavy atom. The monoisotopic (exact) mass is 411 g/mol. The highest BCUT2D eigenvalue weighted by Crippen LogP contribution is 2.30. The van der Waals surface area contributed by atoms with Crippen molar-refractivity contribution in [3.63, 3.8) is 0 Å². The van der Waals surface area contributed by atoms with Crippen LogP contribution in [0.5, 0.6) is 5.75 Å². The second-order valence-electron chi connectivity index (χ2n) is 6.01. The smallest absolute Gasteiger partial charge is 0.344 e. The maximum Gasteiger partial charge on any atom is 0.344 e. The van der Waals surface area contributed by atoms with Crippen molar-refractivity contribution in [2.45, 2.75) is 36.1 Å². The average Bonchev–Trinajstić information content (AvgIpc) is 2.61. The van der Waals surface area contributed by atoms with Gasteiger partial charge in [-0.2, -0.15) is 0 Å². The van der Waals surface area contributed by atoms with Crippen LogP contribution in [0, 0.1) is 0 Å². The van der Waals surface area contributed by atoms with Crippen LogP contribution in [0.3, 0.4) is 0 Å². The van der Waals surface area contributed by atoms with Crippen molar-refractivity contribution in [3.05, 3.63) is 53.1 Å². The van der Waals surface area contributed by atoms with E-state index in [0.717, 1.165) is 5.56 Å². The lowest BCUT2D eigenvalue weighted by molar-refractivity contribution is -0.145. The third kappa shape index (κ3) is 5.69. The first-order valence-electron chi connectivity index (χ1n) is 8.41. The lowest BCUT2D eigenvalue weighted by atomic mass is 10.1. The van der Waals surface area contributed by atoms with Crippen LogP contribution in [0.2, 0.25) is 5.02 Å². The molecule has 0 aliphatic rings. The molecule has 0 spiro atoms. The molecule has 8 heteroatoms. The van der Waals surface area contributed by atoms with Gasteiger partial charge in [-0.1, -0.05) is 23.7 Å². The van der Waals surface area contributed by atoms with E-state index in [1.54, 1.807) is 31.2 Å². The first-order chi connectivity index (χ1) is 12.7. The second-order valence-corrected chi connectivity index (χ2v) is 8.37. The molecule has 0 amide bonds. The van der Waals surface area contributed by atoms with Crippen LogP contribution in [0.4, 0.5) is 0 Å². The zero-order valence-electron chi connectivity index (χ0n) is 15.1. The molecule has 27 heavy (non-hydrogen) atoms. The van der Waals surface area contributed by atoms with Crippen molar-refractivity contribution < 1.29 is 22.7 Å². The minimum atomic E-state index is -3.73. The standard InChI is InChI=1S/C19H22ClNO5S/c1-3-25-19(22)12-26-18-9-8-16(11-17(18)20)27(23,24)15-6-4-14(5-7-15)10-13(2)21/h4-9,11,13H,3,10,12,21H2,1-2H3. The maximum absolute atomic E-state index is 12.8. The van der Waals surface area contributed by atoms with E-state index in [2.05, 4.69) is 0 Å². The van der Waals surface area contributed by atoms with E-state index < -0.39 is 15.8 Å². The molecule has 1 unspecified atom stereocenters. The van der Waals surface area contributed by atoms with Gasteiger partial charge in [-0.25, -0.2) is 13.2 Å². The fourth-order valence-electron chi connectivity index (χ4n) is 2.42. The van der Waals surface area contributed by atoms with Gasteiger partial charge in [0.25, 0.3) is 0 Å². The largest absolute Gasteiger partial charge is 0.480 e. The normalized spacial score (nSPS) is 12.4. The van der Waals surface area contributed by atoms with E-state index in [0.29, 0.717) is 6.42 Å². The number of nitrogens with two attached hydrogens (primary N) is 1. The summed E-state index contributed by atoms with van der Waals surface area (Å²) < 4.78 is 35.6. The van der Waals surface area contributed by atoms with E-state index in [4.69, 9.17) is 26.8 Å². The van der Waals surface area contributed by atoms with E-state index >= 15 is 0 Å². The van der Waals surface area contributed by atoms with Crippen LogP contribution < -0.4 is 10.5 Å². The lowest BCUT2D eigenvalue weighted by Crippen LogP contribution is -2.17. The molecule has 0 saturated carbocycles. The number of halogens is 1. The highest BCUT2D eigenvalue weighted by molar-refractivity contribution is 7.91. The van der Waals surface area contributed by atoms with Crippen LogP contribution in [0.25, 0.3) is 0 Å². The Balaban J connectivity index is 2.19. The molecule has 2 N–H and O–H groups in total. The van der Waals surface area contributed by atoms with Crippen molar-refractivity contribution >= 4 is 27.4 Å². The Morgan fingerprint density at radius 3 is 2.33 bits per heavy atom. The number of benzene rings is 2. The molecule has 0 fully saturated rings. The number of carbonyl (C=O) groups excluding carboxylic acids is 1. The Hall–Kier alpha value is -2.09. The Morgan fingerprint density at radius 1 is 1.15 bits per heavy atom. The predicted octanol–water partition coefficient (Wildman–Crippen LogP) is 3.00. The van der Waals surface area contributed by atoms with Crippen molar-refractivity contribution in [3.8, 4) is 5.75 Å². The van der Waals surface area contributed by atoms with Crippen LogP contribution >= 0.6 is 11.6 Å². The number of hydrogen-bond acceptors (Lipinski definition) is 6. The minimum Gasteiger partial charge on any atom is -0.480 e. The molecule has 0 aliphatic carbocycles. The molecule has 0 radical (unpaired) electrons. The van der Waals surface area contributed by atoms with Gasteiger partial charge in [0.1, 0.15) is 5.75 Å². The van der Waals surface area contributed by atoms with E-state index in [-0.39, 0.29) is 39.8 Å². The van der Waals surface area contributed by atoms with Gasteiger partial charge in [-0.05, 0) is 56.2 Å². The van der Waals surface area contributed by atoms with Crippen LogP contribution in [-0.2, 0) is 25.8 Å². The van der Waals surface area contributed by atoms with E-state index in [9.17, 15) is 13.2 Å². The fraction of sp³-hybridized carbons (Fsp3) is 0.316. The van der Waals surface area contributed by atoms with Crippen molar-refractivity contribution in [1.29, 1.82) is 0 Å². The predicted molar refractivity (Wildman–Crippen MR) is 103 cm³/mol.